The Morgan fingerprint density at radius 3 is 2.48 bits per heavy atom. The molecule has 3 unspecified atom stereocenters. The lowest BCUT2D eigenvalue weighted by molar-refractivity contribution is -0.156. The zero-order chi connectivity index (χ0) is 21.2. The molecule has 3 atom stereocenters. The van der Waals surface area contributed by atoms with Crippen molar-refractivity contribution in [1.29, 1.82) is 0 Å². The number of hydrazine groups is 2. The second kappa shape index (κ2) is 8.57. The molecular formula is C18H18BrF3N4O3. The number of ether oxygens (including phenoxy) is 1. The summed E-state index contributed by atoms with van der Waals surface area (Å²) in [4.78, 5) is 11.1. The number of phenols is 1. The summed E-state index contributed by atoms with van der Waals surface area (Å²) in [7, 11) is 0. The molecule has 0 radical (unpaired) electrons. The number of amides is 1. The molecule has 6 N–H and O–H groups in total. The number of nitrogens with one attached hydrogen (secondary N) is 3. The summed E-state index contributed by atoms with van der Waals surface area (Å²) in [5.74, 6) is 3.28. The van der Waals surface area contributed by atoms with Crippen LogP contribution in [0.3, 0.4) is 0 Å². The van der Waals surface area contributed by atoms with E-state index in [9.17, 15) is 23.1 Å². The molecule has 156 valence electrons. The van der Waals surface area contributed by atoms with Gasteiger partial charge in [0, 0.05) is 22.0 Å². The minimum Gasteiger partial charge on any atom is -0.507 e. The molecule has 1 aliphatic heterocycles. The van der Waals surface area contributed by atoms with Gasteiger partial charge in [-0.25, -0.2) is 16.7 Å². The predicted octanol–water partition coefficient (Wildman–Crippen LogP) is 2.39. The van der Waals surface area contributed by atoms with Crippen LogP contribution in [0.4, 0.5) is 13.2 Å². The Bertz CT molecular complexity index is 880. The highest BCUT2D eigenvalue weighted by Crippen LogP contribution is 2.45. The summed E-state index contributed by atoms with van der Waals surface area (Å²) in [5.41, 5.74) is 7.56. The molecule has 0 aliphatic carbocycles. The number of hydrogen-bond donors (Lipinski definition) is 5. The van der Waals surface area contributed by atoms with Gasteiger partial charge in [-0.3, -0.25) is 10.2 Å². The SMILES string of the molecule is NNC(=O)COc1ccc(C2NNC(C(F)(F)F)C2c2ccc(Br)cc2)c(O)c1. The largest absolute Gasteiger partial charge is 0.507 e. The number of alkyl halides is 3. The maximum atomic E-state index is 13.6. The van der Waals surface area contributed by atoms with Crippen molar-refractivity contribution < 1.29 is 27.8 Å². The van der Waals surface area contributed by atoms with E-state index in [2.05, 4.69) is 26.8 Å². The average Bonchev–Trinajstić information content (AvgIpc) is 3.12. The van der Waals surface area contributed by atoms with Gasteiger partial charge in [0.05, 0.1) is 6.04 Å². The van der Waals surface area contributed by atoms with Crippen molar-refractivity contribution in [2.45, 2.75) is 24.2 Å². The molecule has 11 heteroatoms. The van der Waals surface area contributed by atoms with E-state index in [1.54, 1.807) is 24.3 Å². The minimum absolute atomic E-state index is 0.174. The Morgan fingerprint density at radius 2 is 1.90 bits per heavy atom. The van der Waals surface area contributed by atoms with E-state index in [1.807, 2.05) is 5.43 Å². The van der Waals surface area contributed by atoms with Crippen LogP contribution in [0.25, 0.3) is 0 Å². The highest BCUT2D eigenvalue weighted by molar-refractivity contribution is 9.10. The lowest BCUT2D eigenvalue weighted by atomic mass is 9.83. The second-order valence-electron chi connectivity index (χ2n) is 6.44. The Hall–Kier alpha value is -2.34. The number of benzene rings is 2. The van der Waals surface area contributed by atoms with E-state index < -0.39 is 30.1 Å². The molecule has 1 amide bonds. The van der Waals surface area contributed by atoms with Crippen LogP contribution >= 0.6 is 15.9 Å². The van der Waals surface area contributed by atoms with Crippen LogP contribution in [0, 0.1) is 0 Å². The monoisotopic (exact) mass is 474 g/mol. The Kier molecular flexibility index (Phi) is 6.32. The van der Waals surface area contributed by atoms with Gasteiger partial charge in [0.2, 0.25) is 0 Å². The summed E-state index contributed by atoms with van der Waals surface area (Å²) >= 11 is 3.27. The molecule has 3 rings (SSSR count). The summed E-state index contributed by atoms with van der Waals surface area (Å²) < 4.78 is 46.7. The van der Waals surface area contributed by atoms with Crippen LogP contribution in [0.1, 0.15) is 23.1 Å². The van der Waals surface area contributed by atoms with E-state index in [0.717, 1.165) is 4.47 Å². The molecule has 0 bridgehead atoms. The Morgan fingerprint density at radius 1 is 1.21 bits per heavy atom. The average molecular weight is 475 g/mol. The van der Waals surface area contributed by atoms with Crippen LogP contribution in [0.15, 0.2) is 46.9 Å². The van der Waals surface area contributed by atoms with Crippen LogP contribution in [-0.2, 0) is 4.79 Å². The van der Waals surface area contributed by atoms with Crippen LogP contribution in [0.5, 0.6) is 11.5 Å². The van der Waals surface area contributed by atoms with Crippen molar-refractivity contribution in [1.82, 2.24) is 16.3 Å². The lowest BCUT2D eigenvalue weighted by Crippen LogP contribution is -2.43. The third-order valence-corrected chi connectivity index (χ3v) is 5.12. The normalized spacial score (nSPS) is 21.8. The molecule has 7 nitrogen and oxygen atoms in total. The van der Waals surface area contributed by atoms with Gasteiger partial charge in [0.15, 0.2) is 6.61 Å². The summed E-state index contributed by atoms with van der Waals surface area (Å²) in [6.07, 6.45) is -4.51. The van der Waals surface area contributed by atoms with Gasteiger partial charge in [-0.2, -0.15) is 13.2 Å². The molecule has 2 aromatic rings. The van der Waals surface area contributed by atoms with Crippen LogP contribution in [-0.4, -0.2) is 29.8 Å². The van der Waals surface area contributed by atoms with Crippen molar-refractivity contribution >= 4 is 21.8 Å². The molecular weight excluding hydrogens is 457 g/mol. The zero-order valence-electron chi connectivity index (χ0n) is 14.8. The van der Waals surface area contributed by atoms with Crippen molar-refractivity contribution in [2.24, 2.45) is 5.84 Å². The number of carbonyl (C=O) groups excluding carboxylic acids is 1. The number of phenolic OH excluding ortho intramolecular Hbond substituents is 1. The van der Waals surface area contributed by atoms with E-state index in [0.29, 0.717) is 5.56 Å². The first-order chi connectivity index (χ1) is 13.7. The smallest absolute Gasteiger partial charge is 0.405 e. The van der Waals surface area contributed by atoms with Crippen molar-refractivity contribution in [3.05, 3.63) is 58.1 Å². The third-order valence-electron chi connectivity index (χ3n) is 4.59. The first-order valence-corrected chi connectivity index (χ1v) is 9.28. The van der Waals surface area contributed by atoms with Crippen molar-refractivity contribution in [3.8, 4) is 11.5 Å². The molecule has 0 spiro atoms. The quantitative estimate of drug-likeness (QED) is 0.258. The Labute approximate surface area is 172 Å². The van der Waals surface area contributed by atoms with Crippen LogP contribution in [0.2, 0.25) is 0 Å². The van der Waals surface area contributed by atoms with E-state index in [-0.39, 0.29) is 23.7 Å². The summed E-state index contributed by atoms with van der Waals surface area (Å²) in [6.45, 7) is -0.365. The molecule has 1 heterocycles. The maximum Gasteiger partial charge on any atom is 0.405 e. The zero-order valence-corrected chi connectivity index (χ0v) is 16.4. The Balaban J connectivity index is 1.91. The van der Waals surface area contributed by atoms with E-state index >= 15 is 0 Å². The molecule has 1 fully saturated rings. The number of hydrogen-bond acceptors (Lipinski definition) is 6. The molecule has 0 saturated carbocycles. The molecule has 1 aliphatic rings. The molecule has 2 aromatic carbocycles. The highest BCUT2D eigenvalue weighted by atomic mass is 79.9. The fourth-order valence-electron chi connectivity index (χ4n) is 3.24. The first-order valence-electron chi connectivity index (χ1n) is 8.49. The fourth-order valence-corrected chi connectivity index (χ4v) is 3.51. The standard InChI is InChI=1S/C18H18BrF3N4O3/c19-10-3-1-9(2-4-10)15-16(25-26-17(15)18(20,21)22)12-6-5-11(7-13(12)27)29-8-14(28)24-23/h1-7,15-17,25-27H,8,23H2,(H,24,28). The van der Waals surface area contributed by atoms with Gasteiger partial charge in [0.25, 0.3) is 5.91 Å². The lowest BCUT2D eigenvalue weighted by Gasteiger charge is -2.26. The van der Waals surface area contributed by atoms with Gasteiger partial charge >= 0.3 is 6.18 Å². The number of rotatable bonds is 5. The second-order valence-corrected chi connectivity index (χ2v) is 7.36. The maximum absolute atomic E-state index is 13.6. The third kappa shape index (κ3) is 4.81. The number of halogens is 4. The number of nitrogens with two attached hydrogens (primary N) is 1. The fraction of sp³-hybridized carbons (Fsp3) is 0.278. The summed E-state index contributed by atoms with van der Waals surface area (Å²) in [6, 6.07) is 7.98. The minimum atomic E-state index is -4.51. The van der Waals surface area contributed by atoms with Crippen LogP contribution < -0.4 is 26.9 Å². The van der Waals surface area contributed by atoms with Gasteiger partial charge in [-0.05, 0) is 23.8 Å². The van der Waals surface area contributed by atoms with E-state index in [1.165, 1.54) is 18.2 Å². The highest BCUT2D eigenvalue weighted by Gasteiger charge is 2.52. The van der Waals surface area contributed by atoms with Gasteiger partial charge in [-0.1, -0.05) is 34.1 Å². The van der Waals surface area contributed by atoms with Gasteiger partial charge < -0.3 is 9.84 Å². The summed E-state index contributed by atoms with van der Waals surface area (Å²) in [5, 5.41) is 10.4. The van der Waals surface area contributed by atoms with Crippen molar-refractivity contribution in [2.75, 3.05) is 6.61 Å². The van der Waals surface area contributed by atoms with Gasteiger partial charge in [0.1, 0.15) is 17.5 Å². The first kappa shape index (κ1) is 21.4. The van der Waals surface area contributed by atoms with Crippen molar-refractivity contribution in [3.63, 3.8) is 0 Å². The van der Waals surface area contributed by atoms with E-state index in [4.69, 9.17) is 10.6 Å². The number of carbonyl (C=O) groups is 1. The topological polar surface area (TPSA) is 109 Å². The molecule has 1 saturated heterocycles. The number of aromatic hydroxyl groups is 1. The molecule has 0 aromatic heterocycles. The van der Waals surface area contributed by atoms with Gasteiger partial charge in [-0.15, -0.1) is 0 Å². The predicted molar refractivity (Wildman–Crippen MR) is 102 cm³/mol. The molecule has 29 heavy (non-hydrogen) atoms.